The molecule has 0 bridgehead atoms. The summed E-state index contributed by atoms with van der Waals surface area (Å²) in [6, 6.07) is 44.4. The molecule has 10 aromatic heterocycles. The molecule has 124 heavy (non-hydrogen) atoms. The summed E-state index contributed by atoms with van der Waals surface area (Å²) in [6.07, 6.45) is 7.09. The van der Waals surface area contributed by atoms with E-state index >= 15 is 0 Å². The Hall–Kier alpha value is -11.1. The first-order valence-electron chi connectivity index (χ1n) is 38.7. The molecule has 0 saturated heterocycles. The van der Waals surface area contributed by atoms with Gasteiger partial charge in [-0.3, -0.25) is 19.7 Å². The number of rotatable bonds is 23. The highest BCUT2D eigenvalue weighted by molar-refractivity contribution is 9.10. The highest BCUT2D eigenvalue weighted by Gasteiger charge is 2.38. The standard InChI is InChI=1S/C22H19F3N6O2.C18H21N5O3.C16H17N5O2.C12H16O.C7H9N5O2.C6H3BrF3N.BCl3/c23-22(24,25)14-6-7-27-17(8-14)33-21-18-19(26)28-12-29-20(18)31(30-21)15-9-16(10-15)32-11-13-4-2-1-3-5-13;19-17-16-15(9-25-11-24)22-23(18(16)21-10-20-17)13-6-14(7-13)26-8-12-4-2-1-3-5-12;17-14-13-15(19-9-18-14)21(20-16(13)22)11-6-12(7-11)23-8-10-4-2-1-3-5-10;1-10-7-12(8-10)13-9-11-5-3-2-4-6-11;8-6-5-4(1-14-3-13)11-12-7(5)10-2-9-6;7-5-3-4(1-2-11-5)6(8,9)10;2-1(3)4/h1-8,12,15-16H,9-11H2,(H2,26,28,29);1-5,10,13-14,24H,6-9,11H2,(H2,19,20,21);1-5,9,11-12H,6-8H2,(H,20,22)(H2,17,18,19);2-6,10,12H,7-9H2,1H3;2,13H,1,3H2,(H3,8,9,10,11,12);1-3H;. The number of aliphatic hydroxyl groups excluding tert-OH is 2. The van der Waals surface area contributed by atoms with Crippen molar-refractivity contribution in [3.8, 4) is 11.8 Å². The number of alkyl halides is 6. The van der Waals surface area contributed by atoms with Crippen LogP contribution in [-0.4, -0.2) is 143 Å². The van der Waals surface area contributed by atoms with Gasteiger partial charge in [-0.15, -0.1) is 5.10 Å². The molecule has 4 fully saturated rings. The Morgan fingerprint density at radius 2 is 0.887 bits per heavy atom. The van der Waals surface area contributed by atoms with E-state index in [0.717, 1.165) is 86.0 Å². The summed E-state index contributed by atoms with van der Waals surface area (Å²) in [6.45, 7) is 4.43. The van der Waals surface area contributed by atoms with E-state index in [2.05, 4.69) is 135 Å². The second-order valence-corrected chi connectivity index (χ2v) is 31.5. The number of pyridine rings is 2. The summed E-state index contributed by atoms with van der Waals surface area (Å²) in [5.74, 6) is 1.67. The van der Waals surface area contributed by atoms with Crippen LogP contribution in [-0.2, 0) is 80.4 Å². The van der Waals surface area contributed by atoms with Gasteiger partial charge in [0.1, 0.15) is 83.2 Å². The molecule has 0 unspecified atom stereocenters. The van der Waals surface area contributed by atoms with Gasteiger partial charge in [0.05, 0.1) is 110 Å². The van der Waals surface area contributed by atoms with Gasteiger partial charge in [0, 0.05) is 18.5 Å². The number of nitrogens with two attached hydrogens (primary N) is 4. The van der Waals surface area contributed by atoms with Crippen LogP contribution in [0.15, 0.2) is 193 Å². The number of halogens is 10. The molecule has 0 radical (unpaired) electrons. The Kier molecular flexibility index (Phi) is 32.6. The van der Waals surface area contributed by atoms with Gasteiger partial charge in [0.2, 0.25) is 5.88 Å². The highest BCUT2D eigenvalue weighted by Crippen LogP contribution is 2.43. The summed E-state index contributed by atoms with van der Waals surface area (Å²) >= 11 is 17.3. The lowest BCUT2D eigenvalue weighted by molar-refractivity contribution is -0.138. The number of fused-ring (bicyclic) bond motifs is 4. The number of ether oxygens (including phenoxy) is 7. The van der Waals surface area contributed by atoms with Crippen LogP contribution in [0.4, 0.5) is 49.6 Å². The average Bonchev–Trinajstić information content (AvgIpc) is 1.62. The van der Waals surface area contributed by atoms with Crippen LogP contribution < -0.4 is 33.2 Å². The van der Waals surface area contributed by atoms with E-state index in [1.165, 1.54) is 49.3 Å². The monoisotopic (exact) mass is 1830 g/mol. The fourth-order valence-corrected chi connectivity index (χ4v) is 13.8. The van der Waals surface area contributed by atoms with Crippen LogP contribution in [0.25, 0.3) is 44.1 Å². The molecule has 0 aliphatic heterocycles. The molecule has 12 N–H and O–H groups in total. The normalized spacial score (nSPS) is 18.1. The largest absolute Gasteiger partial charge is 0.450 e. The van der Waals surface area contributed by atoms with Gasteiger partial charge in [-0.25, -0.2) is 59.2 Å². The Bertz CT molecular complexity index is 5770. The zero-order chi connectivity index (χ0) is 87.9. The van der Waals surface area contributed by atoms with Crippen molar-refractivity contribution in [2.24, 2.45) is 5.92 Å². The van der Waals surface area contributed by atoms with Crippen molar-refractivity contribution >= 4 is 123 Å². The second-order valence-electron chi connectivity index (χ2n) is 28.7. The van der Waals surface area contributed by atoms with E-state index in [-0.39, 0.29) is 96.8 Å². The summed E-state index contributed by atoms with van der Waals surface area (Å²) in [5.41, 5.74) is 29.8. The van der Waals surface area contributed by atoms with Crippen molar-refractivity contribution in [1.29, 1.82) is 0 Å². The van der Waals surface area contributed by atoms with Crippen LogP contribution in [0, 0.1) is 5.92 Å². The van der Waals surface area contributed by atoms with Crippen molar-refractivity contribution in [2.75, 3.05) is 36.5 Å². The van der Waals surface area contributed by atoms with Gasteiger partial charge in [-0.2, -0.15) is 70.9 Å². The minimum atomic E-state index is -4.52. The summed E-state index contributed by atoms with van der Waals surface area (Å²) in [7, 11) is 0. The van der Waals surface area contributed by atoms with E-state index in [4.69, 9.17) is 101 Å². The number of benzene rings is 4. The molecule has 4 saturated carbocycles. The molecule has 4 aliphatic rings. The SMILES string of the molecule is CC1CC(OCc2ccccc2)C1.ClB(Cl)Cl.FC(F)(F)c1ccnc(Br)c1.Nc1ncnc2c1c(=O)[nH]n2C1CC(OCc2ccccc2)C1.Nc1ncnc2c1c(COCO)nn2C1CC(OCc2ccccc2)C1.Nc1ncnc2c1c(Oc1cc(C(F)(F)F)ccn1)nn2C1CC(OCc2ccccc2)C1.Nc1ncnc2n[nH]c(COCO)c12. The lowest BCUT2D eigenvalue weighted by atomic mass is 9.84. The maximum Gasteiger partial charge on any atom is 0.450 e. The van der Waals surface area contributed by atoms with Crippen molar-refractivity contribution in [2.45, 2.75) is 153 Å². The maximum atomic E-state index is 13.0. The number of aromatic nitrogens is 18. The van der Waals surface area contributed by atoms with Crippen LogP contribution in [0.1, 0.15) is 121 Å². The van der Waals surface area contributed by atoms with E-state index in [9.17, 15) is 31.1 Å². The number of aliphatic hydroxyl groups is 2. The van der Waals surface area contributed by atoms with E-state index < -0.39 is 28.4 Å². The zero-order valence-corrected chi connectivity index (χ0v) is 70.1. The quantitative estimate of drug-likeness (QED) is 0.0128. The lowest BCUT2D eigenvalue weighted by Crippen LogP contribution is -2.34. The summed E-state index contributed by atoms with van der Waals surface area (Å²) in [5, 5.41) is 37.9. The Morgan fingerprint density at radius 3 is 1.35 bits per heavy atom. The van der Waals surface area contributed by atoms with E-state index in [1.54, 1.807) is 9.36 Å². The van der Waals surface area contributed by atoms with Crippen molar-refractivity contribution < 1.29 is 69.7 Å². The third kappa shape index (κ3) is 25.3. The molecule has 10 heterocycles. The van der Waals surface area contributed by atoms with Crippen LogP contribution >= 0.6 is 50.3 Å². The Labute approximate surface area is 727 Å². The van der Waals surface area contributed by atoms with Crippen LogP contribution in [0.3, 0.4) is 0 Å². The van der Waals surface area contributed by atoms with Crippen molar-refractivity contribution in [1.82, 2.24) is 89.4 Å². The molecule has 0 spiro atoms. The van der Waals surface area contributed by atoms with Crippen molar-refractivity contribution in [3.05, 3.63) is 243 Å². The molecular weight excluding hydrogens is 1750 g/mol. The van der Waals surface area contributed by atoms with Gasteiger partial charge in [-0.1, -0.05) is 128 Å². The van der Waals surface area contributed by atoms with E-state index in [0.29, 0.717) is 106 Å². The fraction of sp³-hybridized carbons (Fsp3) is 0.333. The first-order chi connectivity index (χ1) is 59.8. The Morgan fingerprint density at radius 1 is 0.484 bits per heavy atom. The maximum absolute atomic E-state index is 13.0. The van der Waals surface area contributed by atoms with Gasteiger partial charge < -0.3 is 66.3 Å². The summed E-state index contributed by atoms with van der Waals surface area (Å²) in [4.78, 5) is 51.1. The third-order valence-electron chi connectivity index (χ3n) is 20.0. The molecule has 43 heteroatoms. The second kappa shape index (κ2) is 43.9. The fourth-order valence-electron chi connectivity index (χ4n) is 13.4. The molecular formula is C81H85BBrCl3F6N22O10. The highest BCUT2D eigenvalue weighted by atomic mass is 79.9. The number of H-pyrrole nitrogens is 2. The third-order valence-corrected chi connectivity index (χ3v) is 20.4. The number of nitrogens with one attached hydrogen (secondary N) is 2. The van der Waals surface area contributed by atoms with Crippen molar-refractivity contribution in [3.63, 3.8) is 0 Å². The number of anilines is 4. The minimum absolute atomic E-state index is 0.00331. The number of nitrogens with zero attached hydrogens (tertiary/aromatic N) is 16. The number of aromatic amines is 2. The van der Waals surface area contributed by atoms with Gasteiger partial charge in [0.25, 0.3) is 11.4 Å². The molecule has 18 rings (SSSR count). The molecule has 0 atom stereocenters. The topological polar surface area (TPSA) is 440 Å². The smallest absolute Gasteiger partial charge is 0.418 e. The first-order valence-corrected chi connectivity index (χ1v) is 40.8. The lowest BCUT2D eigenvalue weighted by Gasteiger charge is -2.35. The molecule has 32 nitrogen and oxygen atoms in total. The van der Waals surface area contributed by atoms with Gasteiger partial charge in [-0.05, 0) is 114 Å². The minimum Gasteiger partial charge on any atom is -0.418 e. The first kappa shape index (κ1) is 92.0. The van der Waals surface area contributed by atoms with Gasteiger partial charge in [0.15, 0.2) is 22.6 Å². The summed E-state index contributed by atoms with van der Waals surface area (Å²) < 4.78 is 119. The number of nitrogen functional groups attached to an aromatic ring is 4. The number of hydrogen-bond acceptors (Lipinski definition) is 27. The predicted octanol–water partition coefficient (Wildman–Crippen LogP) is 14.9. The molecule has 652 valence electrons. The average molecular weight is 1840 g/mol. The predicted molar refractivity (Wildman–Crippen MR) is 455 cm³/mol. The molecule has 4 aromatic carbocycles. The Balaban J connectivity index is 0.000000140. The molecule has 4 aliphatic carbocycles. The molecule has 0 amide bonds. The van der Waals surface area contributed by atoms with Crippen LogP contribution in [0.5, 0.6) is 11.8 Å². The van der Waals surface area contributed by atoms with Gasteiger partial charge >= 0.3 is 17.3 Å². The number of hydrogen-bond donors (Lipinski definition) is 8. The molecule has 14 aromatic rings. The van der Waals surface area contributed by atoms with Crippen LogP contribution in [0.2, 0.25) is 0 Å². The van der Waals surface area contributed by atoms with E-state index in [1.807, 2.05) is 89.6 Å². The zero-order valence-electron chi connectivity index (χ0n) is 66.2.